The first-order chi connectivity index (χ1) is 16.2. The lowest BCUT2D eigenvalue weighted by Crippen LogP contribution is -2.45. The summed E-state index contributed by atoms with van der Waals surface area (Å²) >= 11 is 0. The molecule has 35 heavy (non-hydrogen) atoms. The van der Waals surface area contributed by atoms with Gasteiger partial charge in [-0.1, -0.05) is 27.7 Å². The number of benzene rings is 2. The summed E-state index contributed by atoms with van der Waals surface area (Å²) in [5, 5.41) is 21.1. The lowest BCUT2D eigenvalue weighted by Gasteiger charge is -2.38. The van der Waals surface area contributed by atoms with Crippen LogP contribution in [0.1, 0.15) is 54.7 Å². The standard InChI is InChI=1S/C24H24F3N3O5/c1-14(2)21(35-29-12-16-9-17(30(32)33)6-8-19(16)22(29)31)23(3,4)13-34-18-7-5-15(11-28)20(10-18)24(25,26)27/h5-10,14,21H,12-13H2,1-4H3. The van der Waals surface area contributed by atoms with Crippen LogP contribution in [0.3, 0.4) is 0 Å². The summed E-state index contributed by atoms with van der Waals surface area (Å²) in [5.74, 6) is -0.603. The highest BCUT2D eigenvalue weighted by atomic mass is 19.4. The Bertz CT molecular complexity index is 1190. The molecule has 0 aromatic heterocycles. The number of non-ortho nitro benzene ring substituents is 1. The molecule has 1 heterocycles. The highest BCUT2D eigenvalue weighted by molar-refractivity contribution is 5.97. The fourth-order valence-electron chi connectivity index (χ4n) is 4.08. The molecule has 1 aliphatic heterocycles. The molecule has 0 bridgehead atoms. The summed E-state index contributed by atoms with van der Waals surface area (Å²) in [6, 6.07) is 8.64. The van der Waals surface area contributed by atoms with Crippen LogP contribution in [0.5, 0.6) is 5.75 Å². The number of halogens is 3. The van der Waals surface area contributed by atoms with Crippen LogP contribution in [0, 0.1) is 32.8 Å². The minimum atomic E-state index is -4.70. The third kappa shape index (κ3) is 5.54. The molecule has 2 aromatic rings. The summed E-state index contributed by atoms with van der Waals surface area (Å²) in [6.45, 7) is 7.32. The summed E-state index contributed by atoms with van der Waals surface area (Å²) < 4.78 is 45.5. The number of nitriles is 1. The van der Waals surface area contributed by atoms with Gasteiger partial charge in [-0.25, -0.2) is 5.06 Å². The molecule has 1 atom stereocenters. The molecule has 1 amide bonds. The topological polar surface area (TPSA) is 106 Å². The van der Waals surface area contributed by atoms with Crippen LogP contribution < -0.4 is 4.74 Å². The van der Waals surface area contributed by atoms with Crippen LogP contribution in [-0.2, 0) is 17.6 Å². The molecule has 0 saturated carbocycles. The van der Waals surface area contributed by atoms with Gasteiger partial charge in [-0.2, -0.15) is 18.4 Å². The molecule has 1 unspecified atom stereocenters. The molecule has 0 fully saturated rings. The van der Waals surface area contributed by atoms with Crippen molar-refractivity contribution in [3.63, 3.8) is 0 Å². The van der Waals surface area contributed by atoms with Gasteiger partial charge in [-0.05, 0) is 35.7 Å². The maximum absolute atomic E-state index is 13.3. The summed E-state index contributed by atoms with van der Waals surface area (Å²) in [4.78, 5) is 29.4. The van der Waals surface area contributed by atoms with E-state index >= 15 is 0 Å². The van der Waals surface area contributed by atoms with Gasteiger partial charge in [0, 0.05) is 23.1 Å². The van der Waals surface area contributed by atoms with E-state index in [0.717, 1.165) is 17.2 Å². The van der Waals surface area contributed by atoms with E-state index in [1.807, 2.05) is 13.8 Å². The normalized spacial score (nSPS) is 14.6. The minimum Gasteiger partial charge on any atom is -0.493 e. The Morgan fingerprint density at radius 1 is 1.20 bits per heavy atom. The van der Waals surface area contributed by atoms with Crippen molar-refractivity contribution in [1.82, 2.24) is 5.06 Å². The van der Waals surface area contributed by atoms with E-state index in [4.69, 9.17) is 14.8 Å². The zero-order valence-electron chi connectivity index (χ0n) is 19.5. The van der Waals surface area contributed by atoms with Gasteiger partial charge in [-0.15, -0.1) is 0 Å². The number of nitro benzene ring substituents is 1. The fourth-order valence-corrected chi connectivity index (χ4v) is 4.08. The number of nitro groups is 1. The van der Waals surface area contributed by atoms with Crippen LogP contribution in [0.15, 0.2) is 36.4 Å². The number of carbonyl (C=O) groups excluding carboxylic acids is 1. The van der Waals surface area contributed by atoms with E-state index in [9.17, 15) is 28.1 Å². The minimum absolute atomic E-state index is 0.0283. The monoisotopic (exact) mass is 491 g/mol. The van der Waals surface area contributed by atoms with Crippen molar-refractivity contribution in [3.05, 3.63) is 68.8 Å². The molecule has 0 aliphatic carbocycles. The molecule has 0 spiro atoms. The quantitative estimate of drug-likeness (QED) is 0.357. The fraction of sp³-hybridized carbons (Fsp3) is 0.417. The molecule has 186 valence electrons. The Labute approximate surface area is 200 Å². The van der Waals surface area contributed by atoms with Crippen LogP contribution in [0.25, 0.3) is 0 Å². The van der Waals surface area contributed by atoms with Crippen molar-refractivity contribution in [3.8, 4) is 11.8 Å². The predicted molar refractivity (Wildman–Crippen MR) is 118 cm³/mol. The van der Waals surface area contributed by atoms with Gasteiger partial charge < -0.3 is 4.74 Å². The number of fused-ring (bicyclic) bond motifs is 1. The molecular formula is C24H24F3N3O5. The second kappa shape index (κ2) is 9.54. The predicted octanol–water partition coefficient (Wildman–Crippen LogP) is 5.50. The maximum atomic E-state index is 13.3. The Balaban J connectivity index is 1.76. The molecule has 0 N–H and O–H groups in total. The number of ether oxygens (including phenoxy) is 1. The van der Waals surface area contributed by atoms with Crippen LogP contribution >= 0.6 is 0 Å². The maximum Gasteiger partial charge on any atom is 0.417 e. The zero-order chi connectivity index (χ0) is 26.1. The average Bonchev–Trinajstić information content (AvgIpc) is 3.09. The Morgan fingerprint density at radius 3 is 2.46 bits per heavy atom. The second-order valence-corrected chi connectivity index (χ2v) is 9.30. The molecule has 1 aliphatic rings. The van der Waals surface area contributed by atoms with Gasteiger partial charge >= 0.3 is 6.18 Å². The van der Waals surface area contributed by atoms with Crippen molar-refractivity contribution in [1.29, 1.82) is 5.26 Å². The highest BCUT2D eigenvalue weighted by Crippen LogP contribution is 2.37. The first kappa shape index (κ1) is 26.0. The van der Waals surface area contributed by atoms with Gasteiger partial charge in [0.05, 0.1) is 41.4 Å². The number of hydroxylamine groups is 2. The SMILES string of the molecule is CC(C)C(ON1Cc2cc([N+](=O)[O-])ccc2C1=O)C(C)(C)COc1ccc(C#N)c(C(F)(F)F)c1. The number of hydrogen-bond acceptors (Lipinski definition) is 6. The van der Waals surface area contributed by atoms with Gasteiger partial charge in [0.15, 0.2) is 0 Å². The summed E-state index contributed by atoms with van der Waals surface area (Å²) in [7, 11) is 0. The van der Waals surface area contributed by atoms with Crippen molar-refractivity contribution < 1.29 is 32.5 Å². The van der Waals surface area contributed by atoms with Crippen molar-refractivity contribution >= 4 is 11.6 Å². The first-order valence-corrected chi connectivity index (χ1v) is 10.7. The largest absolute Gasteiger partial charge is 0.493 e. The van der Waals surface area contributed by atoms with Crippen molar-refractivity contribution in [2.75, 3.05) is 6.61 Å². The number of hydrogen-bond donors (Lipinski definition) is 0. The van der Waals surface area contributed by atoms with E-state index in [2.05, 4.69) is 0 Å². The smallest absolute Gasteiger partial charge is 0.417 e. The van der Waals surface area contributed by atoms with E-state index in [0.29, 0.717) is 11.1 Å². The van der Waals surface area contributed by atoms with Crippen LogP contribution in [0.2, 0.25) is 0 Å². The van der Waals surface area contributed by atoms with E-state index < -0.39 is 39.7 Å². The zero-order valence-corrected chi connectivity index (χ0v) is 19.5. The number of amides is 1. The van der Waals surface area contributed by atoms with Crippen molar-refractivity contribution in [2.45, 2.75) is 46.5 Å². The first-order valence-electron chi connectivity index (χ1n) is 10.7. The molecule has 3 rings (SSSR count). The Morgan fingerprint density at radius 2 is 1.89 bits per heavy atom. The molecule has 0 saturated heterocycles. The third-order valence-corrected chi connectivity index (χ3v) is 5.71. The summed E-state index contributed by atoms with van der Waals surface area (Å²) in [5.41, 5.74) is -1.70. The van der Waals surface area contributed by atoms with Gasteiger partial charge in [0.25, 0.3) is 11.6 Å². The summed E-state index contributed by atoms with van der Waals surface area (Å²) in [6.07, 6.45) is -5.29. The highest BCUT2D eigenvalue weighted by Gasteiger charge is 2.40. The number of rotatable bonds is 8. The number of carbonyl (C=O) groups is 1. The number of alkyl halides is 3. The van der Waals surface area contributed by atoms with E-state index in [-0.39, 0.29) is 30.5 Å². The van der Waals surface area contributed by atoms with Gasteiger partial charge in [-0.3, -0.25) is 19.7 Å². The Hall–Kier alpha value is -3.65. The lowest BCUT2D eigenvalue weighted by atomic mass is 9.81. The van der Waals surface area contributed by atoms with Crippen LogP contribution in [0.4, 0.5) is 18.9 Å². The molecule has 11 heteroatoms. The van der Waals surface area contributed by atoms with Gasteiger partial charge in [0.1, 0.15) is 5.75 Å². The lowest BCUT2D eigenvalue weighted by molar-refractivity contribution is -0.384. The van der Waals surface area contributed by atoms with Crippen molar-refractivity contribution in [2.24, 2.45) is 11.3 Å². The molecular weight excluding hydrogens is 467 g/mol. The molecule has 8 nitrogen and oxygen atoms in total. The Kier molecular flexibility index (Phi) is 7.08. The second-order valence-electron chi connectivity index (χ2n) is 9.30. The van der Waals surface area contributed by atoms with E-state index in [1.54, 1.807) is 13.8 Å². The van der Waals surface area contributed by atoms with Gasteiger partial charge in [0.2, 0.25) is 0 Å². The third-order valence-electron chi connectivity index (χ3n) is 5.71. The molecule has 2 aromatic carbocycles. The van der Waals surface area contributed by atoms with Crippen LogP contribution in [-0.4, -0.2) is 28.6 Å². The molecule has 0 radical (unpaired) electrons. The average molecular weight is 491 g/mol. The van der Waals surface area contributed by atoms with E-state index in [1.165, 1.54) is 30.3 Å². The number of nitrogens with zero attached hydrogens (tertiary/aromatic N) is 3.